The van der Waals surface area contributed by atoms with Gasteiger partial charge in [-0.05, 0) is 42.5 Å². The first-order valence-corrected chi connectivity index (χ1v) is 7.25. The summed E-state index contributed by atoms with van der Waals surface area (Å²) in [5.41, 5.74) is 10.9. The normalized spacial score (nSPS) is 11.1. The minimum atomic E-state index is -3.95. The van der Waals surface area contributed by atoms with E-state index in [1.807, 2.05) is 0 Å². The van der Waals surface area contributed by atoms with Crippen LogP contribution in [0.2, 0.25) is 0 Å². The summed E-state index contributed by atoms with van der Waals surface area (Å²) in [4.78, 5) is 10.7. The molecule has 0 aromatic heterocycles. The number of carbonyl (C=O) groups excluding carboxylic acids is 1. The van der Waals surface area contributed by atoms with E-state index >= 15 is 0 Å². The lowest BCUT2D eigenvalue weighted by atomic mass is 10.2. The molecule has 0 heterocycles. The van der Waals surface area contributed by atoms with Crippen LogP contribution in [0.3, 0.4) is 0 Å². The van der Waals surface area contributed by atoms with Gasteiger partial charge in [-0.2, -0.15) is 0 Å². The Morgan fingerprint density at radius 3 is 2.24 bits per heavy atom. The van der Waals surface area contributed by atoms with Crippen LogP contribution in [0.25, 0.3) is 0 Å². The summed E-state index contributed by atoms with van der Waals surface area (Å²) in [6.07, 6.45) is 0. The Morgan fingerprint density at radius 1 is 1.10 bits per heavy atom. The fraction of sp³-hybridized carbons (Fsp3) is 0. The van der Waals surface area contributed by atoms with Crippen molar-refractivity contribution < 1.29 is 17.6 Å². The van der Waals surface area contributed by atoms with Crippen LogP contribution in [0.4, 0.5) is 15.8 Å². The third-order valence-electron chi connectivity index (χ3n) is 2.68. The van der Waals surface area contributed by atoms with Gasteiger partial charge >= 0.3 is 0 Å². The van der Waals surface area contributed by atoms with Crippen molar-refractivity contribution in [1.29, 1.82) is 0 Å². The molecular weight excluding hydrogens is 297 g/mol. The first-order chi connectivity index (χ1) is 9.79. The first kappa shape index (κ1) is 14.8. The van der Waals surface area contributed by atoms with E-state index in [-0.39, 0.29) is 21.8 Å². The van der Waals surface area contributed by atoms with E-state index < -0.39 is 21.7 Å². The second-order valence-electron chi connectivity index (χ2n) is 4.23. The quantitative estimate of drug-likeness (QED) is 0.738. The average Bonchev–Trinajstić information content (AvgIpc) is 2.38. The van der Waals surface area contributed by atoms with Gasteiger partial charge in [0.15, 0.2) is 0 Å². The Morgan fingerprint density at radius 2 is 1.71 bits per heavy atom. The van der Waals surface area contributed by atoms with Crippen molar-refractivity contribution in [2.45, 2.75) is 4.90 Å². The number of nitrogens with two attached hydrogens (primary N) is 2. The minimum absolute atomic E-state index is 0.198. The van der Waals surface area contributed by atoms with E-state index in [1.54, 1.807) is 0 Å². The second kappa shape index (κ2) is 5.41. The van der Waals surface area contributed by atoms with Crippen molar-refractivity contribution >= 4 is 27.3 Å². The van der Waals surface area contributed by atoms with E-state index in [0.717, 1.165) is 18.2 Å². The van der Waals surface area contributed by atoms with Gasteiger partial charge < -0.3 is 11.5 Å². The van der Waals surface area contributed by atoms with Gasteiger partial charge in [-0.1, -0.05) is 0 Å². The fourth-order valence-corrected chi connectivity index (χ4v) is 2.85. The number of amides is 1. The molecular formula is C13H12FN3O3S. The Hall–Kier alpha value is -2.61. The molecule has 6 nitrogen and oxygen atoms in total. The number of sulfonamides is 1. The number of nitrogen functional groups attached to an aromatic ring is 1. The van der Waals surface area contributed by atoms with Crippen molar-refractivity contribution in [3.63, 3.8) is 0 Å². The van der Waals surface area contributed by atoms with Gasteiger partial charge in [0.2, 0.25) is 5.91 Å². The molecule has 0 unspecified atom stereocenters. The molecule has 2 aromatic carbocycles. The van der Waals surface area contributed by atoms with E-state index in [9.17, 15) is 17.6 Å². The van der Waals surface area contributed by atoms with Crippen LogP contribution in [-0.2, 0) is 10.0 Å². The number of carbonyl (C=O) groups is 1. The molecule has 1 amide bonds. The summed E-state index contributed by atoms with van der Waals surface area (Å²) in [5.74, 6) is -1.25. The lowest BCUT2D eigenvalue weighted by Gasteiger charge is -2.10. The van der Waals surface area contributed by atoms with Gasteiger partial charge in [0.1, 0.15) is 10.7 Å². The van der Waals surface area contributed by atoms with Crippen LogP contribution in [0.1, 0.15) is 10.4 Å². The van der Waals surface area contributed by atoms with E-state index in [2.05, 4.69) is 4.72 Å². The van der Waals surface area contributed by atoms with Crippen LogP contribution in [0, 0.1) is 5.82 Å². The molecule has 0 aliphatic heterocycles. The highest BCUT2D eigenvalue weighted by Gasteiger charge is 2.18. The summed E-state index contributed by atoms with van der Waals surface area (Å²) < 4.78 is 39.5. The van der Waals surface area contributed by atoms with E-state index in [0.29, 0.717) is 0 Å². The van der Waals surface area contributed by atoms with Crippen LogP contribution in [-0.4, -0.2) is 14.3 Å². The largest absolute Gasteiger partial charge is 0.398 e. The van der Waals surface area contributed by atoms with Crippen LogP contribution in [0.5, 0.6) is 0 Å². The van der Waals surface area contributed by atoms with Gasteiger partial charge in [-0.3, -0.25) is 9.52 Å². The van der Waals surface area contributed by atoms with Crippen molar-refractivity contribution in [1.82, 2.24) is 0 Å². The zero-order chi connectivity index (χ0) is 15.6. The molecule has 2 rings (SSSR count). The summed E-state index contributed by atoms with van der Waals surface area (Å²) in [6, 6.07) is 8.54. The molecule has 0 spiro atoms. The first-order valence-electron chi connectivity index (χ1n) is 5.77. The molecule has 2 aromatic rings. The monoisotopic (exact) mass is 309 g/mol. The standard InChI is InChI=1S/C13H12FN3O3S/c14-9-3-6-12(11(15)7-9)21(19,20)17-10-4-1-8(2-5-10)13(16)18/h1-7,17H,15H2,(H2,16,18). The molecule has 8 heteroatoms. The van der Waals surface area contributed by atoms with Crippen molar-refractivity contribution in [3.8, 4) is 0 Å². The fourth-order valence-electron chi connectivity index (χ4n) is 1.68. The number of anilines is 2. The maximum absolute atomic E-state index is 12.9. The lowest BCUT2D eigenvalue weighted by Crippen LogP contribution is -2.15. The zero-order valence-corrected chi connectivity index (χ0v) is 11.5. The molecule has 0 atom stereocenters. The highest BCUT2D eigenvalue weighted by Crippen LogP contribution is 2.22. The predicted molar refractivity (Wildman–Crippen MR) is 76.6 cm³/mol. The SMILES string of the molecule is NC(=O)c1ccc(NS(=O)(=O)c2ccc(F)cc2N)cc1. The number of hydrogen-bond acceptors (Lipinski definition) is 4. The lowest BCUT2D eigenvalue weighted by molar-refractivity contribution is 0.100. The third-order valence-corrected chi connectivity index (χ3v) is 4.14. The third kappa shape index (κ3) is 3.29. The molecule has 0 fully saturated rings. The van der Waals surface area contributed by atoms with Gasteiger partial charge in [0.25, 0.3) is 10.0 Å². The molecule has 0 radical (unpaired) electrons. The number of hydrogen-bond donors (Lipinski definition) is 3. The summed E-state index contributed by atoms with van der Waals surface area (Å²) >= 11 is 0. The van der Waals surface area contributed by atoms with Gasteiger partial charge in [0.05, 0.1) is 5.69 Å². The van der Waals surface area contributed by atoms with E-state index in [4.69, 9.17) is 11.5 Å². The van der Waals surface area contributed by atoms with E-state index in [1.165, 1.54) is 24.3 Å². The maximum Gasteiger partial charge on any atom is 0.263 e. The molecule has 0 saturated heterocycles. The second-order valence-corrected chi connectivity index (χ2v) is 5.88. The van der Waals surface area contributed by atoms with Crippen LogP contribution < -0.4 is 16.2 Å². The van der Waals surface area contributed by atoms with Crippen molar-refractivity contribution in [3.05, 3.63) is 53.8 Å². The highest BCUT2D eigenvalue weighted by atomic mass is 32.2. The van der Waals surface area contributed by atoms with Crippen molar-refractivity contribution in [2.24, 2.45) is 5.73 Å². The number of benzene rings is 2. The molecule has 0 aliphatic carbocycles. The topological polar surface area (TPSA) is 115 Å². The molecule has 0 bridgehead atoms. The zero-order valence-electron chi connectivity index (χ0n) is 10.7. The molecule has 5 N–H and O–H groups in total. The number of primary amides is 1. The van der Waals surface area contributed by atoms with Gasteiger partial charge in [-0.15, -0.1) is 0 Å². The molecule has 110 valence electrons. The Labute approximate surface area is 120 Å². The predicted octanol–water partition coefficient (Wildman–Crippen LogP) is 1.31. The Bertz CT molecular complexity index is 789. The summed E-state index contributed by atoms with van der Waals surface area (Å²) in [6.45, 7) is 0. The highest BCUT2D eigenvalue weighted by molar-refractivity contribution is 7.92. The average molecular weight is 309 g/mol. The maximum atomic E-state index is 12.9. The minimum Gasteiger partial charge on any atom is -0.398 e. The van der Waals surface area contributed by atoms with Crippen LogP contribution >= 0.6 is 0 Å². The Balaban J connectivity index is 2.30. The number of nitrogens with one attached hydrogen (secondary N) is 1. The molecule has 0 aliphatic rings. The van der Waals surface area contributed by atoms with Crippen molar-refractivity contribution in [2.75, 3.05) is 10.5 Å². The van der Waals surface area contributed by atoms with Crippen LogP contribution in [0.15, 0.2) is 47.4 Å². The van der Waals surface area contributed by atoms with Gasteiger partial charge in [0, 0.05) is 11.3 Å². The smallest absolute Gasteiger partial charge is 0.263 e. The summed E-state index contributed by atoms with van der Waals surface area (Å²) in [7, 11) is -3.95. The summed E-state index contributed by atoms with van der Waals surface area (Å²) in [5, 5.41) is 0. The number of halogens is 1. The number of rotatable bonds is 4. The molecule has 0 saturated carbocycles. The Kier molecular flexibility index (Phi) is 3.81. The molecule has 21 heavy (non-hydrogen) atoms. The van der Waals surface area contributed by atoms with Gasteiger partial charge in [-0.25, -0.2) is 12.8 Å².